The predicted octanol–water partition coefficient (Wildman–Crippen LogP) is 3.56. The van der Waals surface area contributed by atoms with Gasteiger partial charge in [-0.25, -0.2) is 0 Å². The summed E-state index contributed by atoms with van der Waals surface area (Å²) in [4.78, 5) is 14.0. The van der Waals surface area contributed by atoms with Crippen molar-refractivity contribution in [2.24, 2.45) is 0 Å². The first-order valence-corrected chi connectivity index (χ1v) is 7.95. The minimum atomic E-state index is -2.96. The first-order chi connectivity index (χ1) is 12.5. The molecule has 2 aromatic carbocycles. The summed E-state index contributed by atoms with van der Waals surface area (Å²) in [7, 11) is 1.34. The van der Waals surface area contributed by atoms with E-state index in [1.54, 1.807) is 30.3 Å². The van der Waals surface area contributed by atoms with Crippen molar-refractivity contribution in [2.75, 3.05) is 12.0 Å². The third kappa shape index (κ3) is 3.65. The molecule has 0 aromatic heterocycles. The molecule has 3 rings (SSSR count). The number of ether oxygens (including phenoxy) is 2. The summed E-state index contributed by atoms with van der Waals surface area (Å²) < 4.78 is 34.2. The van der Waals surface area contributed by atoms with Crippen LogP contribution in [0.2, 0.25) is 0 Å². The van der Waals surface area contributed by atoms with E-state index in [1.165, 1.54) is 30.2 Å². The Kier molecular flexibility index (Phi) is 5.13. The van der Waals surface area contributed by atoms with Gasteiger partial charge in [0.05, 0.1) is 12.8 Å². The largest absolute Gasteiger partial charge is 0.493 e. The van der Waals surface area contributed by atoms with E-state index < -0.39 is 6.61 Å². The molecule has 1 amide bonds. The van der Waals surface area contributed by atoms with Crippen molar-refractivity contribution in [1.29, 1.82) is 0 Å². The lowest BCUT2D eigenvalue weighted by Gasteiger charge is -2.13. The van der Waals surface area contributed by atoms with Gasteiger partial charge in [0.1, 0.15) is 5.70 Å². The third-order valence-corrected chi connectivity index (χ3v) is 3.89. The van der Waals surface area contributed by atoms with Gasteiger partial charge in [0.15, 0.2) is 16.6 Å². The van der Waals surface area contributed by atoms with E-state index in [4.69, 9.17) is 17.0 Å². The zero-order valence-electron chi connectivity index (χ0n) is 13.6. The van der Waals surface area contributed by atoms with Crippen molar-refractivity contribution in [2.45, 2.75) is 6.61 Å². The van der Waals surface area contributed by atoms with Crippen molar-refractivity contribution in [1.82, 2.24) is 5.32 Å². The van der Waals surface area contributed by atoms with E-state index in [0.717, 1.165) is 0 Å². The number of para-hydroxylation sites is 1. The maximum absolute atomic E-state index is 12.6. The number of anilines is 1. The van der Waals surface area contributed by atoms with Crippen LogP contribution in [0, 0.1) is 0 Å². The van der Waals surface area contributed by atoms with E-state index in [2.05, 4.69) is 10.1 Å². The molecular formula is C18H14F2N2O3S. The van der Waals surface area contributed by atoms with Gasteiger partial charge in [-0.2, -0.15) is 8.78 Å². The summed E-state index contributed by atoms with van der Waals surface area (Å²) in [6.45, 7) is -2.96. The average molecular weight is 376 g/mol. The number of hydrogen-bond donors (Lipinski definition) is 1. The summed E-state index contributed by atoms with van der Waals surface area (Å²) >= 11 is 5.23. The van der Waals surface area contributed by atoms with Crippen LogP contribution in [0.3, 0.4) is 0 Å². The molecule has 0 bridgehead atoms. The Bertz CT molecular complexity index is 872. The zero-order chi connectivity index (χ0) is 18.7. The van der Waals surface area contributed by atoms with Gasteiger partial charge < -0.3 is 14.8 Å². The van der Waals surface area contributed by atoms with Crippen molar-refractivity contribution < 1.29 is 23.0 Å². The molecular weight excluding hydrogens is 362 g/mol. The fraction of sp³-hybridized carbons (Fsp3) is 0.111. The highest BCUT2D eigenvalue weighted by molar-refractivity contribution is 7.80. The molecule has 1 saturated heterocycles. The molecule has 5 nitrogen and oxygen atoms in total. The van der Waals surface area contributed by atoms with Crippen molar-refractivity contribution >= 4 is 35.0 Å². The second-order valence-corrected chi connectivity index (χ2v) is 5.64. The van der Waals surface area contributed by atoms with Crippen LogP contribution in [0.4, 0.5) is 14.5 Å². The lowest BCUT2D eigenvalue weighted by molar-refractivity contribution is -0.113. The third-order valence-electron chi connectivity index (χ3n) is 3.61. The quantitative estimate of drug-likeness (QED) is 0.639. The van der Waals surface area contributed by atoms with Crippen LogP contribution in [0.1, 0.15) is 5.56 Å². The predicted molar refractivity (Wildman–Crippen MR) is 97.3 cm³/mol. The molecule has 1 heterocycles. The van der Waals surface area contributed by atoms with E-state index in [0.29, 0.717) is 11.3 Å². The topological polar surface area (TPSA) is 50.8 Å². The Morgan fingerprint density at radius 3 is 2.54 bits per heavy atom. The number of benzene rings is 2. The number of nitrogens with one attached hydrogen (secondary N) is 1. The van der Waals surface area contributed by atoms with Crippen molar-refractivity contribution in [3.63, 3.8) is 0 Å². The Hall–Kier alpha value is -3.00. The summed E-state index contributed by atoms with van der Waals surface area (Å²) in [6.07, 6.45) is 1.56. The monoisotopic (exact) mass is 376 g/mol. The van der Waals surface area contributed by atoms with Crippen LogP contribution < -0.4 is 19.7 Å². The molecule has 1 aliphatic rings. The van der Waals surface area contributed by atoms with Gasteiger partial charge in [0.25, 0.3) is 5.91 Å². The fourth-order valence-electron chi connectivity index (χ4n) is 2.48. The number of rotatable bonds is 5. The van der Waals surface area contributed by atoms with Gasteiger partial charge in [0, 0.05) is 0 Å². The van der Waals surface area contributed by atoms with Crippen LogP contribution in [0.5, 0.6) is 11.5 Å². The second-order valence-electron chi connectivity index (χ2n) is 5.25. The smallest absolute Gasteiger partial charge is 0.387 e. The summed E-state index contributed by atoms with van der Waals surface area (Å²) in [5.74, 6) is -0.266. The van der Waals surface area contributed by atoms with Crippen LogP contribution >= 0.6 is 12.2 Å². The highest BCUT2D eigenvalue weighted by atomic mass is 32.1. The van der Waals surface area contributed by atoms with Gasteiger partial charge in [-0.3, -0.25) is 9.69 Å². The standard InChI is InChI=1S/C18H14F2N2O3S/c1-24-15-10-11(7-8-14(15)25-17(19)20)9-13-16(23)22(18(26)21-13)12-5-3-2-4-6-12/h2-10,17H,1H3,(H,21,26)/b13-9+. The number of carbonyl (C=O) groups excluding carboxylic acids is 1. The second kappa shape index (κ2) is 7.49. The highest BCUT2D eigenvalue weighted by Crippen LogP contribution is 2.31. The molecule has 0 atom stereocenters. The number of hydrogen-bond acceptors (Lipinski definition) is 4. The van der Waals surface area contributed by atoms with Gasteiger partial charge >= 0.3 is 6.61 Å². The first-order valence-electron chi connectivity index (χ1n) is 7.54. The molecule has 1 aliphatic heterocycles. The molecule has 0 spiro atoms. The SMILES string of the molecule is COc1cc(/C=C2/NC(=S)N(c3ccccc3)C2=O)ccc1OC(F)F. The maximum Gasteiger partial charge on any atom is 0.387 e. The van der Waals surface area contributed by atoms with E-state index in [1.807, 2.05) is 6.07 Å². The first kappa shape index (κ1) is 17.8. The van der Waals surface area contributed by atoms with Gasteiger partial charge in [-0.05, 0) is 48.1 Å². The Morgan fingerprint density at radius 2 is 1.88 bits per heavy atom. The molecule has 1 fully saturated rings. The molecule has 2 aromatic rings. The molecule has 1 N–H and O–H groups in total. The van der Waals surface area contributed by atoms with E-state index in [9.17, 15) is 13.6 Å². The number of amides is 1. The van der Waals surface area contributed by atoms with Gasteiger partial charge in [0.2, 0.25) is 0 Å². The summed E-state index contributed by atoms with van der Waals surface area (Å²) in [6, 6.07) is 13.4. The van der Waals surface area contributed by atoms with E-state index in [-0.39, 0.29) is 28.2 Å². The molecule has 0 unspecified atom stereocenters. The normalized spacial score (nSPS) is 15.5. The van der Waals surface area contributed by atoms with Crippen LogP contribution in [0.15, 0.2) is 54.2 Å². The molecule has 0 radical (unpaired) electrons. The number of methoxy groups -OCH3 is 1. The number of halogens is 2. The highest BCUT2D eigenvalue weighted by Gasteiger charge is 2.31. The lowest BCUT2D eigenvalue weighted by Crippen LogP contribution is -2.30. The molecule has 8 heteroatoms. The number of thiocarbonyl (C=S) groups is 1. The lowest BCUT2D eigenvalue weighted by atomic mass is 10.1. The molecule has 0 aliphatic carbocycles. The minimum absolute atomic E-state index is 0.0863. The Labute approximate surface area is 153 Å². The minimum Gasteiger partial charge on any atom is -0.493 e. The molecule has 26 heavy (non-hydrogen) atoms. The van der Waals surface area contributed by atoms with Crippen molar-refractivity contribution in [3.05, 3.63) is 59.8 Å². The van der Waals surface area contributed by atoms with Crippen LogP contribution in [-0.2, 0) is 4.79 Å². The van der Waals surface area contributed by atoms with Gasteiger partial charge in [-0.1, -0.05) is 24.3 Å². The van der Waals surface area contributed by atoms with Crippen LogP contribution in [-0.4, -0.2) is 24.7 Å². The Balaban J connectivity index is 1.89. The number of carbonyl (C=O) groups is 1. The summed E-state index contributed by atoms with van der Waals surface area (Å²) in [5.41, 5.74) is 1.48. The number of alkyl halides is 2. The van der Waals surface area contributed by atoms with Crippen LogP contribution in [0.25, 0.3) is 6.08 Å². The number of nitrogens with zero attached hydrogens (tertiary/aromatic N) is 1. The molecule has 0 saturated carbocycles. The Morgan fingerprint density at radius 1 is 1.15 bits per heavy atom. The van der Waals surface area contributed by atoms with Gasteiger partial charge in [-0.15, -0.1) is 0 Å². The molecule has 134 valence electrons. The zero-order valence-corrected chi connectivity index (χ0v) is 14.4. The fourth-order valence-corrected chi connectivity index (χ4v) is 2.78. The van der Waals surface area contributed by atoms with Crippen molar-refractivity contribution in [3.8, 4) is 11.5 Å². The summed E-state index contributed by atoms with van der Waals surface area (Å²) in [5, 5.41) is 3.12. The van der Waals surface area contributed by atoms with E-state index >= 15 is 0 Å². The maximum atomic E-state index is 12.6. The average Bonchev–Trinajstić information content (AvgIpc) is 2.90.